The molecule has 4 nitrogen and oxygen atoms in total. The lowest BCUT2D eigenvalue weighted by Gasteiger charge is -2.17. The van der Waals surface area contributed by atoms with E-state index in [1.54, 1.807) is 18.2 Å². The Morgan fingerprint density at radius 1 is 0.939 bits per heavy atom. The maximum atomic E-state index is 11.5. The number of carboxylic acid groups (broad SMARTS) is 1. The van der Waals surface area contributed by atoms with Crippen LogP contribution in [0.2, 0.25) is 0 Å². The lowest BCUT2D eigenvalue weighted by molar-refractivity contribution is -0.133. The molecule has 33 heavy (non-hydrogen) atoms. The minimum atomic E-state index is -0.910. The van der Waals surface area contributed by atoms with E-state index in [4.69, 9.17) is 4.74 Å². The van der Waals surface area contributed by atoms with Crippen molar-refractivity contribution >= 4 is 22.8 Å². The molecule has 0 unspecified atom stereocenters. The average Bonchev–Trinajstić information content (AvgIpc) is 2.78. The molecule has 0 heterocycles. The van der Waals surface area contributed by atoms with Crippen molar-refractivity contribution in [2.24, 2.45) is 5.92 Å². The molecule has 4 aromatic rings. The van der Waals surface area contributed by atoms with Gasteiger partial charge in [0.15, 0.2) is 0 Å². The molecule has 166 valence electrons. The zero-order chi connectivity index (χ0) is 23.5. The molecule has 0 saturated carbocycles. The third kappa shape index (κ3) is 4.75. The summed E-state index contributed by atoms with van der Waals surface area (Å²) in [5, 5.41) is 21.2. The zero-order valence-corrected chi connectivity index (χ0v) is 18.9. The SMILES string of the molecule is Cc1cc2cc(O)ccc2c(Oc2ccc(/C=C(/C(=O)O)C(C)C)cc2)c1-c1ccccc1. The number of hydrogen-bond donors (Lipinski definition) is 2. The van der Waals surface area contributed by atoms with Crippen molar-refractivity contribution in [3.63, 3.8) is 0 Å². The number of benzene rings is 4. The van der Waals surface area contributed by atoms with Crippen LogP contribution in [0.25, 0.3) is 28.0 Å². The zero-order valence-electron chi connectivity index (χ0n) is 18.9. The van der Waals surface area contributed by atoms with Gasteiger partial charge in [0.05, 0.1) is 0 Å². The molecule has 4 rings (SSSR count). The van der Waals surface area contributed by atoms with Gasteiger partial charge in [0, 0.05) is 16.5 Å². The molecule has 0 aliphatic carbocycles. The van der Waals surface area contributed by atoms with E-state index in [2.05, 4.69) is 18.2 Å². The number of aromatic hydroxyl groups is 1. The van der Waals surface area contributed by atoms with E-state index < -0.39 is 5.97 Å². The number of phenols is 1. The van der Waals surface area contributed by atoms with Crippen LogP contribution in [0.15, 0.2) is 84.4 Å². The van der Waals surface area contributed by atoms with Gasteiger partial charge in [0.25, 0.3) is 0 Å². The summed E-state index contributed by atoms with van der Waals surface area (Å²) in [6.07, 6.45) is 1.69. The van der Waals surface area contributed by atoms with E-state index in [0.717, 1.165) is 33.0 Å². The van der Waals surface area contributed by atoms with Crippen LogP contribution >= 0.6 is 0 Å². The second kappa shape index (κ2) is 9.21. The van der Waals surface area contributed by atoms with Gasteiger partial charge in [-0.05, 0) is 71.3 Å². The maximum Gasteiger partial charge on any atom is 0.331 e. The fourth-order valence-electron chi connectivity index (χ4n) is 3.97. The van der Waals surface area contributed by atoms with Gasteiger partial charge in [-0.1, -0.05) is 62.4 Å². The van der Waals surface area contributed by atoms with E-state index in [9.17, 15) is 15.0 Å². The molecule has 0 spiro atoms. The summed E-state index contributed by atoms with van der Waals surface area (Å²) in [6.45, 7) is 5.76. The summed E-state index contributed by atoms with van der Waals surface area (Å²) in [4.78, 5) is 11.5. The predicted molar refractivity (Wildman–Crippen MR) is 133 cm³/mol. The van der Waals surface area contributed by atoms with Crippen molar-refractivity contribution in [3.05, 3.63) is 95.6 Å². The van der Waals surface area contributed by atoms with Crippen LogP contribution < -0.4 is 4.74 Å². The summed E-state index contributed by atoms with van der Waals surface area (Å²) in [6, 6.07) is 24.8. The van der Waals surface area contributed by atoms with Gasteiger partial charge in [-0.3, -0.25) is 0 Å². The van der Waals surface area contributed by atoms with Crippen LogP contribution in [0, 0.1) is 12.8 Å². The monoisotopic (exact) mass is 438 g/mol. The first-order chi connectivity index (χ1) is 15.8. The standard InChI is InChI=1S/C29H26O4/c1-18(2)26(29(31)32)16-20-9-12-24(13-10-20)33-28-25-14-11-23(30)17-22(25)15-19(3)27(28)21-7-5-4-6-8-21/h4-18,30H,1-3H3,(H,31,32)/b26-16+. The molecular formula is C29H26O4. The largest absolute Gasteiger partial charge is 0.508 e. The number of aliphatic carboxylic acids is 1. The molecular weight excluding hydrogens is 412 g/mol. The second-order valence-electron chi connectivity index (χ2n) is 8.40. The van der Waals surface area contributed by atoms with Gasteiger partial charge in [-0.15, -0.1) is 0 Å². The van der Waals surface area contributed by atoms with E-state index >= 15 is 0 Å². The van der Waals surface area contributed by atoms with Crippen LogP contribution in [0.3, 0.4) is 0 Å². The van der Waals surface area contributed by atoms with Crippen molar-refractivity contribution in [3.8, 4) is 28.4 Å². The normalized spacial score (nSPS) is 11.7. The van der Waals surface area contributed by atoms with Crippen molar-refractivity contribution in [2.75, 3.05) is 0 Å². The molecule has 0 saturated heterocycles. The van der Waals surface area contributed by atoms with E-state index in [-0.39, 0.29) is 11.7 Å². The Bertz CT molecular complexity index is 1330. The Labute approximate surface area is 193 Å². The Morgan fingerprint density at radius 2 is 1.64 bits per heavy atom. The first-order valence-corrected chi connectivity index (χ1v) is 10.9. The molecule has 2 N–H and O–H groups in total. The highest BCUT2D eigenvalue weighted by atomic mass is 16.5. The molecule has 0 bridgehead atoms. The lowest BCUT2D eigenvalue weighted by atomic mass is 9.94. The Morgan fingerprint density at radius 3 is 2.27 bits per heavy atom. The number of carboxylic acids is 1. The highest BCUT2D eigenvalue weighted by Crippen LogP contribution is 2.42. The highest BCUT2D eigenvalue weighted by Gasteiger charge is 2.16. The third-order valence-electron chi connectivity index (χ3n) is 5.63. The van der Waals surface area contributed by atoms with Crippen molar-refractivity contribution in [1.29, 1.82) is 0 Å². The van der Waals surface area contributed by atoms with Gasteiger partial charge in [-0.25, -0.2) is 4.79 Å². The molecule has 4 heteroatoms. The minimum absolute atomic E-state index is 0.0815. The van der Waals surface area contributed by atoms with Crippen molar-refractivity contribution in [2.45, 2.75) is 20.8 Å². The number of rotatable bonds is 6. The van der Waals surface area contributed by atoms with Gasteiger partial charge in [-0.2, -0.15) is 0 Å². The van der Waals surface area contributed by atoms with Crippen molar-refractivity contribution in [1.82, 2.24) is 0 Å². The molecule has 0 aliphatic heterocycles. The second-order valence-corrected chi connectivity index (χ2v) is 8.40. The Hall–Kier alpha value is -4.05. The Kier molecular flexibility index (Phi) is 6.18. The topological polar surface area (TPSA) is 66.8 Å². The van der Waals surface area contributed by atoms with Crippen LogP contribution in [-0.4, -0.2) is 16.2 Å². The van der Waals surface area contributed by atoms with Gasteiger partial charge < -0.3 is 14.9 Å². The quantitative estimate of drug-likeness (QED) is 0.307. The summed E-state index contributed by atoms with van der Waals surface area (Å²) in [5.74, 6) is 0.573. The molecule has 0 amide bonds. The third-order valence-corrected chi connectivity index (χ3v) is 5.63. The van der Waals surface area contributed by atoms with Gasteiger partial charge >= 0.3 is 5.97 Å². The fourth-order valence-corrected chi connectivity index (χ4v) is 3.97. The lowest BCUT2D eigenvalue weighted by Crippen LogP contribution is -2.06. The summed E-state index contributed by atoms with van der Waals surface area (Å²) in [5.41, 5.74) is 4.24. The molecule has 0 fully saturated rings. The highest BCUT2D eigenvalue weighted by molar-refractivity contribution is 5.97. The fraction of sp³-hybridized carbons (Fsp3) is 0.138. The molecule has 0 aliphatic rings. The molecule has 0 radical (unpaired) electrons. The number of phenolic OH excluding ortho intramolecular Hbond substituents is 1. The molecule has 0 atom stereocenters. The predicted octanol–water partition coefficient (Wildman–Crippen LogP) is 7.44. The van der Waals surface area contributed by atoms with Crippen molar-refractivity contribution < 1.29 is 19.7 Å². The number of fused-ring (bicyclic) bond motifs is 1. The first kappa shape index (κ1) is 22.2. The van der Waals surface area contributed by atoms with E-state index in [1.807, 2.05) is 69.3 Å². The molecule has 4 aromatic carbocycles. The smallest absolute Gasteiger partial charge is 0.331 e. The average molecular weight is 439 g/mol. The summed E-state index contributed by atoms with van der Waals surface area (Å²) < 4.78 is 6.43. The Balaban J connectivity index is 1.80. The maximum absolute atomic E-state index is 11.5. The van der Waals surface area contributed by atoms with E-state index in [1.165, 1.54) is 0 Å². The first-order valence-electron chi connectivity index (χ1n) is 10.9. The number of hydrogen-bond acceptors (Lipinski definition) is 3. The molecule has 0 aromatic heterocycles. The number of ether oxygens (including phenoxy) is 1. The van der Waals surface area contributed by atoms with E-state index in [0.29, 0.717) is 17.1 Å². The van der Waals surface area contributed by atoms with Crippen LogP contribution in [0.5, 0.6) is 17.2 Å². The van der Waals surface area contributed by atoms with Gasteiger partial charge in [0.1, 0.15) is 17.2 Å². The summed E-state index contributed by atoms with van der Waals surface area (Å²) in [7, 11) is 0. The van der Waals surface area contributed by atoms with Crippen LogP contribution in [-0.2, 0) is 4.79 Å². The van der Waals surface area contributed by atoms with Crippen LogP contribution in [0.1, 0.15) is 25.0 Å². The summed E-state index contributed by atoms with van der Waals surface area (Å²) >= 11 is 0. The minimum Gasteiger partial charge on any atom is -0.508 e. The van der Waals surface area contributed by atoms with Crippen LogP contribution in [0.4, 0.5) is 0 Å². The number of carbonyl (C=O) groups is 1. The number of aryl methyl sites for hydroxylation is 1. The van der Waals surface area contributed by atoms with Gasteiger partial charge in [0.2, 0.25) is 0 Å².